The van der Waals surface area contributed by atoms with Crippen molar-refractivity contribution >= 4 is 6.08 Å². The second-order valence-corrected chi connectivity index (χ2v) is 7.41. The monoisotopic (exact) mass is 320 g/mol. The first kappa shape index (κ1) is 16.5. The van der Waals surface area contributed by atoms with Crippen LogP contribution in [-0.2, 0) is 0 Å². The van der Waals surface area contributed by atoms with E-state index in [1.807, 2.05) is 0 Å². The van der Waals surface area contributed by atoms with Crippen molar-refractivity contribution in [2.75, 3.05) is 6.61 Å². The van der Waals surface area contributed by atoms with E-state index in [1.54, 1.807) is 0 Å². The molecule has 4 atom stereocenters. The zero-order chi connectivity index (χ0) is 16.4. The van der Waals surface area contributed by atoms with E-state index in [0.29, 0.717) is 12.5 Å². The van der Waals surface area contributed by atoms with Crippen molar-refractivity contribution in [1.29, 1.82) is 0 Å². The molecule has 1 nitrogen and oxygen atoms in total. The molecule has 2 aliphatic carbocycles. The van der Waals surface area contributed by atoms with Gasteiger partial charge in [0.25, 0.3) is 0 Å². The summed E-state index contributed by atoms with van der Waals surface area (Å²) in [4.78, 5) is 0. The van der Waals surface area contributed by atoms with Gasteiger partial charge in [0.1, 0.15) is 0 Å². The van der Waals surface area contributed by atoms with Gasteiger partial charge in [0, 0.05) is 5.56 Å². The van der Waals surface area contributed by atoms with Crippen LogP contribution in [0.15, 0.2) is 18.7 Å². The van der Waals surface area contributed by atoms with Crippen LogP contribution in [0.25, 0.3) is 6.08 Å². The van der Waals surface area contributed by atoms with Gasteiger partial charge in [-0.2, -0.15) is 4.39 Å². The number of fused-ring (bicyclic) bond motifs is 1. The van der Waals surface area contributed by atoms with Crippen molar-refractivity contribution < 1.29 is 13.5 Å². The summed E-state index contributed by atoms with van der Waals surface area (Å²) in [6.45, 7) is 6.32. The molecular weight excluding hydrogens is 294 g/mol. The Morgan fingerprint density at radius 2 is 1.83 bits per heavy atom. The third-order valence-corrected chi connectivity index (χ3v) is 5.76. The molecule has 0 N–H and O–H groups in total. The predicted molar refractivity (Wildman–Crippen MR) is 89.3 cm³/mol. The molecule has 23 heavy (non-hydrogen) atoms. The van der Waals surface area contributed by atoms with Gasteiger partial charge in [-0.25, -0.2) is 4.39 Å². The Morgan fingerprint density at radius 1 is 1.09 bits per heavy atom. The largest absolute Gasteiger partial charge is 0.490 e. The van der Waals surface area contributed by atoms with E-state index >= 15 is 0 Å². The first-order valence-electron chi connectivity index (χ1n) is 8.81. The number of rotatable bonds is 4. The summed E-state index contributed by atoms with van der Waals surface area (Å²) in [5, 5.41) is 0. The summed E-state index contributed by atoms with van der Waals surface area (Å²) in [6, 6.07) is 3.02. The number of halogens is 2. The van der Waals surface area contributed by atoms with Crippen LogP contribution in [0.2, 0.25) is 0 Å². The fraction of sp³-hybridized carbons (Fsp3) is 0.600. The fourth-order valence-corrected chi connectivity index (χ4v) is 4.40. The van der Waals surface area contributed by atoms with Crippen molar-refractivity contribution in [3.05, 3.63) is 35.9 Å². The number of benzene rings is 1. The van der Waals surface area contributed by atoms with E-state index in [-0.39, 0.29) is 11.3 Å². The Kier molecular flexibility index (Phi) is 5.03. The quantitative estimate of drug-likeness (QED) is 0.677. The van der Waals surface area contributed by atoms with Crippen LogP contribution in [0.3, 0.4) is 0 Å². The van der Waals surface area contributed by atoms with Crippen LogP contribution in [0.5, 0.6) is 5.75 Å². The normalized spacial score (nSPS) is 30.6. The maximum atomic E-state index is 14.0. The van der Waals surface area contributed by atoms with Gasteiger partial charge in [0.2, 0.25) is 5.82 Å². The molecule has 2 fully saturated rings. The van der Waals surface area contributed by atoms with Gasteiger partial charge < -0.3 is 4.74 Å². The summed E-state index contributed by atoms with van der Waals surface area (Å²) in [7, 11) is 0. The minimum absolute atomic E-state index is 0.0208. The molecule has 1 aromatic rings. The van der Waals surface area contributed by atoms with Crippen LogP contribution in [-0.4, -0.2) is 6.61 Å². The summed E-state index contributed by atoms with van der Waals surface area (Å²) in [5.41, 5.74) is 0.173. The van der Waals surface area contributed by atoms with Gasteiger partial charge >= 0.3 is 0 Å². The van der Waals surface area contributed by atoms with Crippen molar-refractivity contribution in [3.8, 4) is 5.75 Å². The zero-order valence-corrected chi connectivity index (χ0v) is 13.9. The van der Waals surface area contributed by atoms with Gasteiger partial charge in [-0.1, -0.05) is 26.0 Å². The third kappa shape index (κ3) is 3.59. The topological polar surface area (TPSA) is 9.23 Å². The lowest BCUT2D eigenvalue weighted by Gasteiger charge is -2.41. The Labute approximate surface area is 137 Å². The molecule has 4 unspecified atom stereocenters. The summed E-state index contributed by atoms with van der Waals surface area (Å²) >= 11 is 0. The lowest BCUT2D eigenvalue weighted by molar-refractivity contribution is 0.0801. The highest BCUT2D eigenvalue weighted by Crippen LogP contribution is 2.44. The second-order valence-electron chi connectivity index (χ2n) is 7.41. The fourth-order valence-electron chi connectivity index (χ4n) is 4.40. The third-order valence-electron chi connectivity index (χ3n) is 5.76. The molecule has 3 rings (SSSR count). The van der Waals surface area contributed by atoms with Gasteiger partial charge in [-0.05, 0) is 67.9 Å². The van der Waals surface area contributed by atoms with Crippen LogP contribution >= 0.6 is 0 Å². The summed E-state index contributed by atoms with van der Waals surface area (Å²) in [5.74, 6) is 1.25. The van der Waals surface area contributed by atoms with Crippen LogP contribution in [0, 0.1) is 35.3 Å². The highest BCUT2D eigenvalue weighted by molar-refractivity contribution is 5.50. The second kappa shape index (κ2) is 7.02. The predicted octanol–water partition coefficient (Wildman–Crippen LogP) is 5.84. The summed E-state index contributed by atoms with van der Waals surface area (Å²) in [6.07, 6.45) is 8.90. The zero-order valence-electron chi connectivity index (χ0n) is 13.9. The first-order valence-corrected chi connectivity index (χ1v) is 8.81. The summed E-state index contributed by atoms with van der Waals surface area (Å²) < 4.78 is 33.3. The number of hydrogen-bond donors (Lipinski definition) is 0. The Hall–Kier alpha value is -1.38. The number of ether oxygens (including phenoxy) is 1. The van der Waals surface area contributed by atoms with Gasteiger partial charge in [-0.15, -0.1) is 0 Å². The minimum atomic E-state index is -0.900. The maximum Gasteiger partial charge on any atom is 0.201 e. The van der Waals surface area contributed by atoms with Crippen LogP contribution in [0.1, 0.15) is 51.0 Å². The van der Waals surface area contributed by atoms with E-state index in [2.05, 4.69) is 13.5 Å². The highest BCUT2D eigenvalue weighted by Gasteiger charge is 2.34. The standard InChI is InChI=1S/C20H26F2O/c1-3-15-8-9-18(20(22)19(15)21)23-12-14-5-7-16-10-13(2)4-6-17(16)11-14/h3,8-9,13-14,16-17H,1,4-7,10-12H2,2H3. The molecule has 0 spiro atoms. The molecule has 1 aromatic carbocycles. The average Bonchev–Trinajstić information content (AvgIpc) is 2.56. The number of hydrogen-bond acceptors (Lipinski definition) is 1. The Balaban J connectivity index is 1.57. The molecule has 2 aliphatic rings. The van der Waals surface area contributed by atoms with Crippen molar-refractivity contribution in [2.45, 2.75) is 45.4 Å². The van der Waals surface area contributed by atoms with E-state index in [4.69, 9.17) is 4.74 Å². The van der Waals surface area contributed by atoms with E-state index < -0.39 is 11.6 Å². The maximum absolute atomic E-state index is 14.0. The lowest BCUT2D eigenvalue weighted by Crippen LogP contribution is -2.32. The lowest BCUT2D eigenvalue weighted by atomic mass is 9.65. The van der Waals surface area contributed by atoms with Gasteiger partial charge in [0.15, 0.2) is 11.6 Å². The van der Waals surface area contributed by atoms with E-state index in [1.165, 1.54) is 50.3 Å². The van der Waals surface area contributed by atoms with Crippen LogP contribution in [0.4, 0.5) is 8.78 Å². The van der Waals surface area contributed by atoms with Crippen molar-refractivity contribution in [2.24, 2.45) is 23.7 Å². The van der Waals surface area contributed by atoms with Gasteiger partial charge in [0.05, 0.1) is 6.61 Å². The SMILES string of the molecule is C=Cc1ccc(OCC2CCC3CC(C)CCC3C2)c(F)c1F. The van der Waals surface area contributed by atoms with Gasteiger partial charge in [-0.3, -0.25) is 0 Å². The Bertz CT molecular complexity index is 569. The van der Waals surface area contributed by atoms with E-state index in [9.17, 15) is 8.78 Å². The molecule has 3 heteroatoms. The minimum Gasteiger partial charge on any atom is -0.490 e. The van der Waals surface area contributed by atoms with Crippen LogP contribution < -0.4 is 4.74 Å². The Morgan fingerprint density at radius 3 is 2.61 bits per heavy atom. The highest BCUT2D eigenvalue weighted by atomic mass is 19.2. The molecule has 0 radical (unpaired) electrons. The molecule has 0 bridgehead atoms. The van der Waals surface area contributed by atoms with Crippen molar-refractivity contribution in [1.82, 2.24) is 0 Å². The molecule has 0 aliphatic heterocycles. The first-order chi connectivity index (χ1) is 11.1. The van der Waals surface area contributed by atoms with E-state index in [0.717, 1.165) is 24.2 Å². The molecule has 0 heterocycles. The molecule has 0 aromatic heterocycles. The van der Waals surface area contributed by atoms with Crippen molar-refractivity contribution in [3.63, 3.8) is 0 Å². The molecule has 126 valence electrons. The molecule has 0 saturated heterocycles. The average molecular weight is 320 g/mol. The molecular formula is C20H26F2O. The molecule has 2 saturated carbocycles. The smallest absolute Gasteiger partial charge is 0.201 e. The molecule has 0 amide bonds.